The van der Waals surface area contributed by atoms with Crippen molar-refractivity contribution in [2.75, 3.05) is 13.7 Å². The van der Waals surface area contributed by atoms with E-state index in [1.165, 1.54) is 64.2 Å². The molecule has 134 valence electrons. The van der Waals surface area contributed by atoms with Gasteiger partial charge in [-0.05, 0) is 105 Å². The van der Waals surface area contributed by atoms with E-state index in [0.29, 0.717) is 5.41 Å². The summed E-state index contributed by atoms with van der Waals surface area (Å²) in [6.45, 7) is 3.64. The molecule has 2 heteroatoms. The molecule has 0 aliphatic heterocycles. The van der Waals surface area contributed by atoms with Gasteiger partial charge in [-0.3, -0.25) is 0 Å². The standard InChI is InChI=1S/C22H37BO/c1-22-11-9-19-18-6-3-15(14-24-2)13-16(18)4-7-20(19)21(22)8-5-17(22)10-12-23/h15-21H,3-14H2,1-2H3. The molecule has 0 amide bonds. The first kappa shape index (κ1) is 17.4. The number of hydrogen-bond donors (Lipinski definition) is 0. The lowest BCUT2D eigenvalue weighted by Gasteiger charge is -2.56. The molecule has 4 aliphatic rings. The Morgan fingerprint density at radius 1 is 0.958 bits per heavy atom. The zero-order chi connectivity index (χ0) is 16.7. The summed E-state index contributed by atoms with van der Waals surface area (Å²) < 4.78 is 5.46. The molecule has 2 radical (unpaired) electrons. The first-order chi connectivity index (χ1) is 11.7. The van der Waals surface area contributed by atoms with Gasteiger partial charge in [-0.25, -0.2) is 0 Å². The minimum Gasteiger partial charge on any atom is -0.384 e. The third-order valence-corrected chi connectivity index (χ3v) is 9.18. The van der Waals surface area contributed by atoms with Gasteiger partial charge in [0, 0.05) is 13.7 Å². The van der Waals surface area contributed by atoms with E-state index in [2.05, 4.69) is 6.92 Å². The van der Waals surface area contributed by atoms with E-state index in [9.17, 15) is 0 Å². The lowest BCUT2D eigenvalue weighted by Crippen LogP contribution is -2.48. The van der Waals surface area contributed by atoms with E-state index in [1.807, 2.05) is 7.11 Å². The Morgan fingerprint density at radius 3 is 2.58 bits per heavy atom. The zero-order valence-electron chi connectivity index (χ0n) is 16.0. The van der Waals surface area contributed by atoms with E-state index >= 15 is 0 Å². The molecular weight excluding hydrogens is 291 g/mol. The van der Waals surface area contributed by atoms with Crippen LogP contribution in [-0.2, 0) is 4.74 Å². The summed E-state index contributed by atoms with van der Waals surface area (Å²) in [7, 11) is 7.81. The fourth-order valence-electron chi connectivity index (χ4n) is 8.12. The van der Waals surface area contributed by atoms with Crippen molar-refractivity contribution in [1.29, 1.82) is 0 Å². The van der Waals surface area contributed by atoms with Crippen LogP contribution in [0.25, 0.3) is 0 Å². The van der Waals surface area contributed by atoms with Gasteiger partial charge in [0.2, 0.25) is 0 Å². The SMILES string of the molecule is [B]CCC1CCC2C3CCC4CC(COC)CCC4C3CCC12C. The minimum atomic E-state index is 0.626. The van der Waals surface area contributed by atoms with Crippen LogP contribution in [0.3, 0.4) is 0 Å². The van der Waals surface area contributed by atoms with Gasteiger partial charge in [0.15, 0.2) is 0 Å². The van der Waals surface area contributed by atoms with Crippen molar-refractivity contribution in [2.45, 2.75) is 77.5 Å². The van der Waals surface area contributed by atoms with Gasteiger partial charge in [-0.1, -0.05) is 19.7 Å². The Labute approximate surface area is 151 Å². The van der Waals surface area contributed by atoms with Gasteiger partial charge in [-0.2, -0.15) is 0 Å². The Morgan fingerprint density at radius 2 is 1.79 bits per heavy atom. The molecule has 0 N–H and O–H groups in total. The van der Waals surface area contributed by atoms with Gasteiger partial charge < -0.3 is 4.74 Å². The maximum atomic E-state index is 5.94. The Bertz CT molecular complexity index is 438. The molecular formula is C22H37BO. The molecule has 0 bridgehead atoms. The molecule has 8 unspecified atom stereocenters. The molecule has 4 rings (SSSR count). The zero-order valence-corrected chi connectivity index (χ0v) is 16.0. The van der Waals surface area contributed by atoms with Crippen LogP contribution in [0.4, 0.5) is 0 Å². The summed E-state index contributed by atoms with van der Waals surface area (Å²) in [4.78, 5) is 0. The van der Waals surface area contributed by atoms with Crippen molar-refractivity contribution < 1.29 is 4.74 Å². The van der Waals surface area contributed by atoms with Crippen LogP contribution in [-0.4, -0.2) is 21.6 Å². The molecule has 4 aliphatic carbocycles. The first-order valence-electron chi connectivity index (χ1n) is 10.9. The van der Waals surface area contributed by atoms with Crippen molar-refractivity contribution in [3.63, 3.8) is 0 Å². The predicted molar refractivity (Wildman–Crippen MR) is 101 cm³/mol. The van der Waals surface area contributed by atoms with E-state index in [-0.39, 0.29) is 0 Å². The second kappa shape index (κ2) is 6.97. The largest absolute Gasteiger partial charge is 0.384 e. The summed E-state index contributed by atoms with van der Waals surface area (Å²) in [6.07, 6.45) is 15.6. The Balaban J connectivity index is 1.46. The second-order valence-corrected chi connectivity index (χ2v) is 9.97. The third-order valence-electron chi connectivity index (χ3n) is 9.18. The van der Waals surface area contributed by atoms with Crippen LogP contribution in [0, 0.1) is 46.8 Å². The molecule has 0 spiro atoms. The molecule has 0 aromatic heterocycles. The first-order valence-corrected chi connectivity index (χ1v) is 10.9. The summed E-state index contributed by atoms with van der Waals surface area (Å²) in [5.41, 5.74) is 0.626. The van der Waals surface area contributed by atoms with Crippen molar-refractivity contribution in [1.82, 2.24) is 0 Å². The Kier molecular flexibility index (Phi) is 5.07. The topological polar surface area (TPSA) is 9.23 Å². The highest BCUT2D eigenvalue weighted by atomic mass is 16.5. The van der Waals surface area contributed by atoms with Gasteiger partial charge in [0.1, 0.15) is 0 Å². The van der Waals surface area contributed by atoms with Crippen molar-refractivity contribution in [2.24, 2.45) is 46.8 Å². The molecule has 0 aromatic carbocycles. The summed E-state index contributed by atoms with van der Waals surface area (Å²) >= 11 is 0. The smallest absolute Gasteiger partial charge is 0.0653 e. The molecule has 8 atom stereocenters. The second-order valence-electron chi connectivity index (χ2n) is 9.97. The molecule has 0 saturated heterocycles. The van der Waals surface area contributed by atoms with E-state index in [0.717, 1.165) is 54.4 Å². The summed E-state index contributed by atoms with van der Waals surface area (Å²) in [5, 5.41) is 0. The lowest BCUT2D eigenvalue weighted by atomic mass is 9.49. The monoisotopic (exact) mass is 328 g/mol. The fraction of sp³-hybridized carbons (Fsp3) is 1.00. The molecule has 4 fully saturated rings. The molecule has 1 nitrogen and oxygen atoms in total. The van der Waals surface area contributed by atoms with E-state index < -0.39 is 0 Å². The van der Waals surface area contributed by atoms with Crippen LogP contribution >= 0.6 is 0 Å². The minimum absolute atomic E-state index is 0.626. The van der Waals surface area contributed by atoms with Crippen molar-refractivity contribution in [3.05, 3.63) is 0 Å². The van der Waals surface area contributed by atoms with Crippen LogP contribution in [0.2, 0.25) is 6.32 Å². The van der Waals surface area contributed by atoms with Crippen LogP contribution in [0.1, 0.15) is 71.1 Å². The lowest BCUT2D eigenvalue weighted by molar-refractivity contribution is -0.0719. The summed E-state index contributed by atoms with van der Waals surface area (Å²) in [5.74, 6) is 6.96. The fourth-order valence-corrected chi connectivity index (χ4v) is 8.12. The normalized spacial score (nSPS) is 50.8. The highest BCUT2D eigenvalue weighted by molar-refractivity contribution is 6.08. The Hall–Kier alpha value is 0.0249. The summed E-state index contributed by atoms with van der Waals surface area (Å²) in [6, 6.07) is 0. The van der Waals surface area contributed by atoms with Crippen LogP contribution in [0.15, 0.2) is 0 Å². The average Bonchev–Trinajstić information content (AvgIpc) is 2.92. The van der Waals surface area contributed by atoms with Crippen molar-refractivity contribution >= 4 is 7.85 Å². The van der Waals surface area contributed by atoms with Gasteiger partial charge in [-0.15, -0.1) is 0 Å². The molecule has 4 saturated carbocycles. The molecule has 0 heterocycles. The third kappa shape index (κ3) is 2.79. The molecule has 0 aromatic rings. The highest BCUT2D eigenvalue weighted by Crippen LogP contribution is 2.65. The van der Waals surface area contributed by atoms with Crippen LogP contribution < -0.4 is 0 Å². The van der Waals surface area contributed by atoms with Crippen LogP contribution in [0.5, 0.6) is 0 Å². The number of fused-ring (bicyclic) bond motifs is 5. The maximum absolute atomic E-state index is 5.94. The number of methoxy groups -OCH3 is 1. The molecule has 24 heavy (non-hydrogen) atoms. The predicted octanol–water partition coefficient (Wildman–Crippen LogP) is 5.49. The van der Waals surface area contributed by atoms with E-state index in [1.54, 1.807) is 0 Å². The highest BCUT2D eigenvalue weighted by Gasteiger charge is 2.56. The maximum Gasteiger partial charge on any atom is 0.0653 e. The van der Waals surface area contributed by atoms with Gasteiger partial charge in [0.25, 0.3) is 0 Å². The van der Waals surface area contributed by atoms with Gasteiger partial charge >= 0.3 is 0 Å². The van der Waals surface area contributed by atoms with Crippen molar-refractivity contribution in [3.8, 4) is 0 Å². The number of ether oxygens (including phenoxy) is 1. The quantitative estimate of drug-likeness (QED) is 0.620. The van der Waals surface area contributed by atoms with E-state index in [4.69, 9.17) is 12.6 Å². The number of hydrogen-bond acceptors (Lipinski definition) is 1. The van der Waals surface area contributed by atoms with Gasteiger partial charge in [0.05, 0.1) is 7.85 Å². The average molecular weight is 328 g/mol. The number of rotatable bonds is 4.